The standard InChI is InChI=1S/C19H26N2O2S/c1-12(2)10-17-21-14(4)18(24-17)19(22)20-9-8-15-11-13(3)6-7-16(15)23-5/h6-7,11-12H,8-10H2,1-5H3,(H,20,22). The monoisotopic (exact) mass is 346 g/mol. The summed E-state index contributed by atoms with van der Waals surface area (Å²) in [4.78, 5) is 17.6. The molecule has 1 N–H and O–H groups in total. The Bertz CT molecular complexity index is 707. The first-order chi connectivity index (χ1) is 11.4. The van der Waals surface area contributed by atoms with Crippen molar-refractivity contribution in [3.63, 3.8) is 0 Å². The Kier molecular flexibility index (Phi) is 6.37. The normalized spacial score (nSPS) is 10.9. The number of methoxy groups -OCH3 is 1. The van der Waals surface area contributed by atoms with Crippen LogP contribution in [-0.4, -0.2) is 24.5 Å². The zero-order valence-electron chi connectivity index (χ0n) is 15.1. The number of carbonyl (C=O) groups excluding carboxylic acids is 1. The lowest BCUT2D eigenvalue weighted by Gasteiger charge is -2.10. The zero-order valence-corrected chi connectivity index (χ0v) is 15.9. The molecule has 0 fully saturated rings. The fourth-order valence-electron chi connectivity index (χ4n) is 2.59. The number of hydrogen-bond donors (Lipinski definition) is 1. The van der Waals surface area contributed by atoms with Crippen molar-refractivity contribution in [2.75, 3.05) is 13.7 Å². The fourth-order valence-corrected chi connectivity index (χ4v) is 3.79. The van der Waals surface area contributed by atoms with E-state index in [0.29, 0.717) is 12.5 Å². The molecule has 1 aromatic heterocycles. The minimum atomic E-state index is -0.0355. The van der Waals surface area contributed by atoms with Crippen molar-refractivity contribution in [3.8, 4) is 5.75 Å². The van der Waals surface area contributed by atoms with Crippen molar-refractivity contribution in [2.45, 2.75) is 40.5 Å². The number of amides is 1. The number of hydrogen-bond acceptors (Lipinski definition) is 4. The predicted octanol–water partition coefficient (Wildman–Crippen LogP) is 3.94. The van der Waals surface area contributed by atoms with Gasteiger partial charge in [0.2, 0.25) is 0 Å². The molecular weight excluding hydrogens is 320 g/mol. The van der Waals surface area contributed by atoms with Crippen molar-refractivity contribution in [3.05, 3.63) is 44.9 Å². The van der Waals surface area contributed by atoms with E-state index in [4.69, 9.17) is 4.74 Å². The Morgan fingerprint density at radius 1 is 1.33 bits per heavy atom. The molecular formula is C19H26N2O2S. The molecule has 0 saturated heterocycles. The SMILES string of the molecule is COc1ccc(C)cc1CCNC(=O)c1sc(CC(C)C)nc1C. The van der Waals surface area contributed by atoms with Crippen LogP contribution in [-0.2, 0) is 12.8 Å². The van der Waals surface area contributed by atoms with Crippen LogP contribution in [0.3, 0.4) is 0 Å². The number of aryl methyl sites for hydroxylation is 2. The highest BCUT2D eigenvalue weighted by molar-refractivity contribution is 7.13. The number of carbonyl (C=O) groups is 1. The number of nitrogens with zero attached hydrogens (tertiary/aromatic N) is 1. The zero-order chi connectivity index (χ0) is 17.7. The molecule has 4 nitrogen and oxygen atoms in total. The summed E-state index contributed by atoms with van der Waals surface area (Å²) in [5.74, 6) is 1.37. The molecule has 1 heterocycles. The van der Waals surface area contributed by atoms with Gasteiger partial charge in [-0.3, -0.25) is 4.79 Å². The molecule has 1 aromatic carbocycles. The largest absolute Gasteiger partial charge is 0.496 e. The smallest absolute Gasteiger partial charge is 0.263 e. The van der Waals surface area contributed by atoms with Crippen LogP contribution in [0.25, 0.3) is 0 Å². The van der Waals surface area contributed by atoms with Crippen LogP contribution in [0.4, 0.5) is 0 Å². The van der Waals surface area contributed by atoms with Crippen molar-refractivity contribution in [2.24, 2.45) is 5.92 Å². The Morgan fingerprint density at radius 2 is 2.08 bits per heavy atom. The second-order valence-corrected chi connectivity index (χ2v) is 7.52. The highest BCUT2D eigenvalue weighted by atomic mass is 32.1. The second-order valence-electron chi connectivity index (χ2n) is 6.44. The van der Waals surface area contributed by atoms with Gasteiger partial charge >= 0.3 is 0 Å². The molecule has 0 atom stereocenters. The van der Waals surface area contributed by atoms with Gasteiger partial charge in [0.15, 0.2) is 0 Å². The number of thiazole rings is 1. The van der Waals surface area contributed by atoms with Crippen molar-refractivity contribution < 1.29 is 9.53 Å². The third kappa shape index (κ3) is 4.81. The molecule has 0 aliphatic heterocycles. The van der Waals surface area contributed by atoms with Gasteiger partial charge in [0.1, 0.15) is 10.6 Å². The van der Waals surface area contributed by atoms with E-state index in [-0.39, 0.29) is 5.91 Å². The highest BCUT2D eigenvalue weighted by Gasteiger charge is 2.15. The minimum Gasteiger partial charge on any atom is -0.496 e. The van der Waals surface area contributed by atoms with Crippen LogP contribution in [0.1, 0.15) is 45.3 Å². The maximum atomic E-state index is 12.4. The lowest BCUT2D eigenvalue weighted by Crippen LogP contribution is -2.25. The topological polar surface area (TPSA) is 51.2 Å². The summed E-state index contributed by atoms with van der Waals surface area (Å²) in [6.45, 7) is 8.85. The van der Waals surface area contributed by atoms with Gasteiger partial charge in [-0.05, 0) is 37.8 Å². The van der Waals surface area contributed by atoms with Crippen molar-refractivity contribution in [1.82, 2.24) is 10.3 Å². The van der Waals surface area contributed by atoms with E-state index in [1.165, 1.54) is 16.9 Å². The lowest BCUT2D eigenvalue weighted by molar-refractivity contribution is 0.0957. The van der Waals surface area contributed by atoms with E-state index in [0.717, 1.165) is 39.7 Å². The Labute approximate surface area is 148 Å². The number of ether oxygens (including phenoxy) is 1. The average Bonchev–Trinajstić information content (AvgIpc) is 2.87. The maximum Gasteiger partial charge on any atom is 0.263 e. The van der Waals surface area contributed by atoms with Crippen LogP contribution >= 0.6 is 11.3 Å². The van der Waals surface area contributed by atoms with E-state index >= 15 is 0 Å². The molecule has 0 saturated carbocycles. The van der Waals surface area contributed by atoms with Crippen LogP contribution < -0.4 is 10.1 Å². The molecule has 0 aliphatic carbocycles. The Balaban J connectivity index is 1.96. The quantitative estimate of drug-likeness (QED) is 0.826. The average molecular weight is 346 g/mol. The van der Waals surface area contributed by atoms with Gasteiger partial charge in [-0.15, -0.1) is 11.3 Å². The summed E-state index contributed by atoms with van der Waals surface area (Å²) in [7, 11) is 1.67. The van der Waals surface area contributed by atoms with Crippen LogP contribution in [0.2, 0.25) is 0 Å². The molecule has 0 unspecified atom stereocenters. The fraction of sp³-hybridized carbons (Fsp3) is 0.474. The molecule has 5 heteroatoms. The molecule has 2 rings (SSSR count). The molecule has 0 aliphatic rings. The molecule has 0 radical (unpaired) electrons. The van der Waals surface area contributed by atoms with Gasteiger partial charge < -0.3 is 10.1 Å². The first-order valence-corrected chi connectivity index (χ1v) is 9.10. The highest BCUT2D eigenvalue weighted by Crippen LogP contribution is 2.22. The Hall–Kier alpha value is -1.88. The third-order valence-corrected chi connectivity index (χ3v) is 4.92. The van der Waals surface area contributed by atoms with Crippen molar-refractivity contribution in [1.29, 1.82) is 0 Å². The molecule has 0 spiro atoms. The summed E-state index contributed by atoms with van der Waals surface area (Å²) in [6, 6.07) is 6.10. The summed E-state index contributed by atoms with van der Waals surface area (Å²) >= 11 is 1.50. The number of benzene rings is 1. The molecule has 2 aromatic rings. The van der Waals surface area contributed by atoms with Crippen LogP contribution in [0, 0.1) is 19.8 Å². The van der Waals surface area contributed by atoms with Gasteiger partial charge in [-0.2, -0.15) is 0 Å². The number of aromatic nitrogens is 1. The summed E-state index contributed by atoms with van der Waals surface area (Å²) in [6.07, 6.45) is 1.66. The van der Waals surface area contributed by atoms with Gasteiger partial charge in [0, 0.05) is 13.0 Å². The third-order valence-electron chi connectivity index (χ3n) is 3.75. The van der Waals surface area contributed by atoms with Crippen LogP contribution in [0.15, 0.2) is 18.2 Å². The number of nitrogens with one attached hydrogen (secondary N) is 1. The van der Waals surface area contributed by atoms with Gasteiger partial charge in [0.25, 0.3) is 5.91 Å². The molecule has 0 bridgehead atoms. The van der Waals surface area contributed by atoms with E-state index in [1.807, 2.05) is 19.1 Å². The predicted molar refractivity (Wildman–Crippen MR) is 99.2 cm³/mol. The maximum absolute atomic E-state index is 12.4. The van der Waals surface area contributed by atoms with Gasteiger partial charge in [-0.1, -0.05) is 31.5 Å². The van der Waals surface area contributed by atoms with E-state index in [9.17, 15) is 4.79 Å². The summed E-state index contributed by atoms with van der Waals surface area (Å²) < 4.78 is 5.38. The van der Waals surface area contributed by atoms with Crippen molar-refractivity contribution >= 4 is 17.2 Å². The van der Waals surface area contributed by atoms with E-state index in [1.54, 1.807) is 7.11 Å². The van der Waals surface area contributed by atoms with Gasteiger partial charge in [-0.25, -0.2) is 4.98 Å². The van der Waals surface area contributed by atoms with E-state index < -0.39 is 0 Å². The van der Waals surface area contributed by atoms with E-state index in [2.05, 4.69) is 37.1 Å². The first kappa shape index (κ1) is 18.5. The molecule has 24 heavy (non-hydrogen) atoms. The van der Waals surface area contributed by atoms with Gasteiger partial charge in [0.05, 0.1) is 17.8 Å². The lowest BCUT2D eigenvalue weighted by atomic mass is 10.1. The molecule has 130 valence electrons. The number of rotatable bonds is 7. The molecule has 1 amide bonds. The summed E-state index contributed by atoms with van der Waals surface area (Å²) in [5, 5.41) is 4.04. The summed E-state index contributed by atoms with van der Waals surface area (Å²) in [5.41, 5.74) is 3.12. The second kappa shape index (κ2) is 8.29. The Morgan fingerprint density at radius 3 is 2.75 bits per heavy atom. The first-order valence-electron chi connectivity index (χ1n) is 8.28. The van der Waals surface area contributed by atoms with Crippen LogP contribution in [0.5, 0.6) is 5.75 Å². The minimum absolute atomic E-state index is 0.0355.